The second-order valence-electron chi connectivity index (χ2n) is 5.36. The van der Waals surface area contributed by atoms with Crippen molar-refractivity contribution in [2.75, 3.05) is 19.7 Å². The van der Waals surface area contributed by atoms with E-state index in [-0.39, 0.29) is 11.5 Å². The van der Waals surface area contributed by atoms with Gasteiger partial charge in [0, 0.05) is 30.8 Å². The fraction of sp³-hybridized carbons (Fsp3) is 0.562. The molecule has 0 radical (unpaired) electrons. The number of Topliss-reactive ketones (excluding diaryl/α,β-unsaturated/α-hetero) is 1. The summed E-state index contributed by atoms with van der Waals surface area (Å²) in [4.78, 5) is 13.7. The summed E-state index contributed by atoms with van der Waals surface area (Å²) in [5.41, 5.74) is 1.45. The molecule has 0 amide bonds. The maximum atomic E-state index is 11.4. The Labute approximate surface area is 120 Å². The van der Waals surface area contributed by atoms with Crippen LogP contribution in [-0.4, -0.2) is 41.6 Å². The number of nitrogens with zero attached hydrogens (tertiary/aromatic N) is 1. The predicted octanol–water partition coefficient (Wildman–Crippen LogP) is 2.60. The summed E-state index contributed by atoms with van der Waals surface area (Å²) >= 11 is 0. The highest BCUT2D eigenvalue weighted by Gasteiger charge is 2.19. The number of hydrogen-bond acceptors (Lipinski definition) is 4. The minimum absolute atomic E-state index is 0.0217. The number of aromatic hydroxyl groups is 1. The Morgan fingerprint density at radius 3 is 2.90 bits per heavy atom. The molecule has 0 aromatic heterocycles. The third-order valence-corrected chi connectivity index (χ3v) is 3.81. The van der Waals surface area contributed by atoms with E-state index in [4.69, 9.17) is 4.74 Å². The standard InChI is InChI=1S/C16H23NO3/c1-3-17(11-15-5-4-8-20-15)10-14-9-13(12(2)18)6-7-16(14)19/h6-7,9,15,19H,3-5,8,10-11H2,1-2H3. The van der Waals surface area contributed by atoms with Crippen LogP contribution in [0.4, 0.5) is 0 Å². The second kappa shape index (κ2) is 6.86. The molecule has 1 atom stereocenters. The highest BCUT2D eigenvalue weighted by atomic mass is 16.5. The van der Waals surface area contributed by atoms with Crippen LogP contribution < -0.4 is 0 Å². The van der Waals surface area contributed by atoms with Gasteiger partial charge in [-0.25, -0.2) is 0 Å². The second-order valence-corrected chi connectivity index (χ2v) is 5.36. The minimum atomic E-state index is 0.0217. The molecule has 1 aliphatic heterocycles. The van der Waals surface area contributed by atoms with Crippen molar-refractivity contribution in [2.45, 2.75) is 39.3 Å². The van der Waals surface area contributed by atoms with Crippen LogP contribution in [0.3, 0.4) is 0 Å². The van der Waals surface area contributed by atoms with Gasteiger partial charge in [0.05, 0.1) is 6.10 Å². The largest absolute Gasteiger partial charge is 0.508 e. The fourth-order valence-corrected chi connectivity index (χ4v) is 2.55. The van der Waals surface area contributed by atoms with Crippen molar-refractivity contribution in [3.63, 3.8) is 0 Å². The van der Waals surface area contributed by atoms with Crippen LogP contribution in [0.1, 0.15) is 42.6 Å². The van der Waals surface area contributed by atoms with E-state index in [1.807, 2.05) is 0 Å². The number of ketones is 1. The van der Waals surface area contributed by atoms with Crippen molar-refractivity contribution in [2.24, 2.45) is 0 Å². The highest BCUT2D eigenvalue weighted by molar-refractivity contribution is 5.94. The Hall–Kier alpha value is -1.39. The van der Waals surface area contributed by atoms with Gasteiger partial charge in [-0.2, -0.15) is 0 Å². The fourth-order valence-electron chi connectivity index (χ4n) is 2.55. The van der Waals surface area contributed by atoms with Crippen LogP contribution in [0.5, 0.6) is 5.75 Å². The van der Waals surface area contributed by atoms with Crippen molar-refractivity contribution in [3.05, 3.63) is 29.3 Å². The van der Waals surface area contributed by atoms with Crippen molar-refractivity contribution in [1.29, 1.82) is 0 Å². The molecule has 4 heteroatoms. The van der Waals surface area contributed by atoms with Gasteiger partial charge in [0.15, 0.2) is 5.78 Å². The molecule has 1 aromatic carbocycles. The van der Waals surface area contributed by atoms with Crippen LogP contribution in [-0.2, 0) is 11.3 Å². The van der Waals surface area contributed by atoms with E-state index >= 15 is 0 Å². The average Bonchev–Trinajstić information content (AvgIpc) is 2.92. The van der Waals surface area contributed by atoms with Crippen molar-refractivity contribution in [1.82, 2.24) is 4.90 Å². The SMILES string of the molecule is CCN(Cc1cc(C(C)=O)ccc1O)CC1CCCO1. The van der Waals surface area contributed by atoms with E-state index in [1.54, 1.807) is 25.1 Å². The lowest BCUT2D eigenvalue weighted by atomic mass is 10.1. The Balaban J connectivity index is 2.05. The molecule has 1 fully saturated rings. The topological polar surface area (TPSA) is 49.8 Å². The van der Waals surface area contributed by atoms with Gasteiger partial charge in [0.25, 0.3) is 0 Å². The Kier molecular flexibility index (Phi) is 5.15. The number of rotatable bonds is 6. The van der Waals surface area contributed by atoms with Crippen LogP contribution in [0.25, 0.3) is 0 Å². The van der Waals surface area contributed by atoms with Gasteiger partial charge in [-0.15, -0.1) is 0 Å². The number of phenols is 1. The van der Waals surface area contributed by atoms with E-state index in [0.29, 0.717) is 18.2 Å². The molecule has 2 rings (SSSR count). The van der Waals surface area contributed by atoms with Crippen LogP contribution in [0.15, 0.2) is 18.2 Å². The summed E-state index contributed by atoms with van der Waals surface area (Å²) in [6.07, 6.45) is 2.54. The van der Waals surface area contributed by atoms with E-state index in [9.17, 15) is 9.90 Å². The van der Waals surface area contributed by atoms with Gasteiger partial charge in [-0.05, 0) is 44.5 Å². The lowest BCUT2D eigenvalue weighted by Crippen LogP contribution is -2.31. The van der Waals surface area contributed by atoms with E-state index in [2.05, 4.69) is 11.8 Å². The zero-order chi connectivity index (χ0) is 14.5. The molecule has 1 aromatic rings. The molecule has 1 N–H and O–H groups in total. The monoisotopic (exact) mass is 277 g/mol. The van der Waals surface area contributed by atoms with Crippen molar-refractivity contribution in [3.8, 4) is 5.75 Å². The summed E-state index contributed by atoms with van der Waals surface area (Å²) < 4.78 is 5.66. The zero-order valence-corrected chi connectivity index (χ0v) is 12.3. The van der Waals surface area contributed by atoms with E-state index in [0.717, 1.165) is 38.1 Å². The summed E-state index contributed by atoms with van der Waals surface area (Å²) in [5, 5.41) is 9.95. The van der Waals surface area contributed by atoms with Gasteiger partial charge in [0.1, 0.15) is 5.75 Å². The van der Waals surface area contributed by atoms with Gasteiger partial charge in [-0.3, -0.25) is 9.69 Å². The number of likely N-dealkylation sites (N-methyl/N-ethyl adjacent to an activating group) is 1. The molecule has 0 spiro atoms. The maximum absolute atomic E-state index is 11.4. The number of hydrogen-bond donors (Lipinski definition) is 1. The van der Waals surface area contributed by atoms with Crippen LogP contribution >= 0.6 is 0 Å². The zero-order valence-electron chi connectivity index (χ0n) is 12.3. The lowest BCUT2D eigenvalue weighted by molar-refractivity contribution is 0.0722. The highest BCUT2D eigenvalue weighted by Crippen LogP contribution is 2.22. The molecule has 1 aliphatic rings. The third kappa shape index (κ3) is 3.81. The number of benzene rings is 1. The molecule has 1 heterocycles. The Bertz CT molecular complexity index is 467. The molecule has 0 saturated carbocycles. The normalized spacial score (nSPS) is 18.6. The molecule has 110 valence electrons. The summed E-state index contributed by atoms with van der Waals surface area (Å²) in [6.45, 7) is 6.90. The molecule has 1 saturated heterocycles. The lowest BCUT2D eigenvalue weighted by Gasteiger charge is -2.24. The number of ether oxygens (including phenoxy) is 1. The van der Waals surface area contributed by atoms with Gasteiger partial charge in [0.2, 0.25) is 0 Å². The maximum Gasteiger partial charge on any atom is 0.159 e. The molecular formula is C16H23NO3. The van der Waals surface area contributed by atoms with Crippen molar-refractivity contribution >= 4 is 5.78 Å². The summed E-state index contributed by atoms with van der Waals surface area (Å²) in [5.74, 6) is 0.272. The number of carbonyl (C=O) groups excluding carboxylic acids is 1. The van der Waals surface area contributed by atoms with Crippen LogP contribution in [0, 0.1) is 0 Å². The number of carbonyl (C=O) groups is 1. The molecular weight excluding hydrogens is 254 g/mol. The molecule has 20 heavy (non-hydrogen) atoms. The molecule has 0 aliphatic carbocycles. The molecule has 4 nitrogen and oxygen atoms in total. The summed E-state index contributed by atoms with van der Waals surface area (Å²) in [6, 6.07) is 5.05. The smallest absolute Gasteiger partial charge is 0.159 e. The number of phenolic OH excluding ortho intramolecular Hbond substituents is 1. The molecule has 1 unspecified atom stereocenters. The van der Waals surface area contributed by atoms with Gasteiger partial charge in [-0.1, -0.05) is 6.92 Å². The van der Waals surface area contributed by atoms with Gasteiger partial charge < -0.3 is 9.84 Å². The quantitative estimate of drug-likeness (QED) is 0.812. The molecule has 0 bridgehead atoms. The first kappa shape index (κ1) is 15.0. The first-order chi connectivity index (χ1) is 9.60. The Morgan fingerprint density at radius 1 is 1.50 bits per heavy atom. The first-order valence-corrected chi connectivity index (χ1v) is 7.27. The summed E-state index contributed by atoms with van der Waals surface area (Å²) in [7, 11) is 0. The first-order valence-electron chi connectivity index (χ1n) is 7.27. The van der Waals surface area contributed by atoms with Gasteiger partial charge >= 0.3 is 0 Å². The van der Waals surface area contributed by atoms with E-state index in [1.165, 1.54) is 0 Å². The van der Waals surface area contributed by atoms with E-state index < -0.39 is 0 Å². The van der Waals surface area contributed by atoms with Crippen LogP contribution in [0.2, 0.25) is 0 Å². The van der Waals surface area contributed by atoms with Crippen molar-refractivity contribution < 1.29 is 14.6 Å². The third-order valence-electron chi connectivity index (χ3n) is 3.81. The average molecular weight is 277 g/mol. The Morgan fingerprint density at radius 2 is 2.30 bits per heavy atom. The minimum Gasteiger partial charge on any atom is -0.508 e. The predicted molar refractivity (Wildman–Crippen MR) is 78.0 cm³/mol.